The van der Waals surface area contributed by atoms with Crippen molar-refractivity contribution < 1.29 is 18.7 Å². The van der Waals surface area contributed by atoms with Crippen molar-refractivity contribution in [3.63, 3.8) is 0 Å². The predicted octanol–water partition coefficient (Wildman–Crippen LogP) is 4.37. The number of likely N-dealkylation sites (N-methyl/N-ethyl adjacent to an activating group) is 1. The van der Waals surface area contributed by atoms with Crippen LogP contribution >= 0.6 is 0 Å². The second-order valence-electron chi connectivity index (χ2n) is 12.9. The Labute approximate surface area is 257 Å². The first-order valence-electron chi connectivity index (χ1n) is 15.2. The van der Waals surface area contributed by atoms with Crippen LogP contribution in [0.25, 0.3) is 11.3 Å². The van der Waals surface area contributed by atoms with Gasteiger partial charge in [-0.15, -0.1) is 0 Å². The molecule has 0 saturated carbocycles. The predicted molar refractivity (Wildman–Crippen MR) is 163 cm³/mol. The number of rotatable bonds is 3. The molecule has 10 nitrogen and oxygen atoms in total. The molecular weight excluding hydrogens is 561 g/mol. The highest BCUT2D eigenvalue weighted by Crippen LogP contribution is 2.38. The summed E-state index contributed by atoms with van der Waals surface area (Å²) in [5.41, 5.74) is 0.718. The van der Waals surface area contributed by atoms with Gasteiger partial charge in [0.05, 0.1) is 46.7 Å². The number of halogens is 1. The van der Waals surface area contributed by atoms with Crippen molar-refractivity contribution in [1.82, 2.24) is 24.6 Å². The number of hydrogen-bond donors (Lipinski definition) is 0. The lowest BCUT2D eigenvalue weighted by Gasteiger charge is -2.43. The summed E-state index contributed by atoms with van der Waals surface area (Å²) in [5.74, 6) is -0.272. The highest BCUT2D eigenvalue weighted by atomic mass is 19.1. The molecule has 1 aromatic carbocycles. The molecule has 0 N–H and O–H groups in total. The van der Waals surface area contributed by atoms with Gasteiger partial charge in [0, 0.05) is 45.3 Å². The Bertz CT molecular complexity index is 1580. The molecule has 6 rings (SSSR count). The van der Waals surface area contributed by atoms with E-state index in [0.29, 0.717) is 17.3 Å². The van der Waals surface area contributed by atoms with Crippen molar-refractivity contribution in [2.75, 3.05) is 46.3 Å². The summed E-state index contributed by atoms with van der Waals surface area (Å²) in [5, 5.41) is 9.74. The molecule has 0 radical (unpaired) electrons. The van der Waals surface area contributed by atoms with E-state index in [1.807, 2.05) is 12.2 Å². The average Bonchev–Trinajstić information content (AvgIpc) is 3.61. The molecule has 1 aromatic heterocycles. The highest BCUT2D eigenvalue weighted by Gasteiger charge is 2.40. The first-order chi connectivity index (χ1) is 21.0. The van der Waals surface area contributed by atoms with Gasteiger partial charge in [-0.3, -0.25) is 14.7 Å². The zero-order chi connectivity index (χ0) is 31.2. The monoisotopic (exact) mass is 599 g/mol. The Morgan fingerprint density at radius 1 is 1.14 bits per heavy atom. The van der Waals surface area contributed by atoms with Gasteiger partial charge in [0.15, 0.2) is 0 Å². The number of aliphatic imine (C=N–C) groups is 1. The van der Waals surface area contributed by atoms with Crippen LogP contribution in [0, 0.1) is 17.1 Å². The van der Waals surface area contributed by atoms with Gasteiger partial charge in [-0.2, -0.15) is 5.26 Å². The van der Waals surface area contributed by atoms with E-state index < -0.39 is 29.5 Å². The fraction of sp³-hybridized carbons (Fsp3) is 0.485. The maximum absolute atomic E-state index is 15.2. The summed E-state index contributed by atoms with van der Waals surface area (Å²) in [4.78, 5) is 44.7. The number of piperidine rings is 1. The third kappa shape index (κ3) is 5.84. The van der Waals surface area contributed by atoms with Crippen LogP contribution < -0.4 is 0 Å². The Morgan fingerprint density at radius 3 is 2.64 bits per heavy atom. The molecule has 4 aliphatic rings. The van der Waals surface area contributed by atoms with E-state index in [0.717, 1.165) is 62.8 Å². The number of ether oxygens (including phenoxy) is 1. The number of amidine groups is 1. The topological polar surface area (TPSA) is 105 Å². The second-order valence-corrected chi connectivity index (χ2v) is 12.9. The Kier molecular flexibility index (Phi) is 7.99. The molecule has 2 atom stereocenters. The Balaban J connectivity index is 1.34. The van der Waals surface area contributed by atoms with E-state index in [1.165, 1.54) is 18.2 Å². The van der Waals surface area contributed by atoms with Gasteiger partial charge in [-0.1, -0.05) is 12.1 Å². The number of carbonyl (C=O) groups excluding carboxylic acids is 2. The number of aromatic nitrogens is 1. The molecule has 2 fully saturated rings. The molecule has 2 amide bonds. The molecule has 0 spiro atoms. The number of carbonyl (C=O) groups is 2. The Hall–Kier alpha value is -4.14. The molecule has 0 aliphatic carbocycles. The van der Waals surface area contributed by atoms with Crippen LogP contribution in [0.2, 0.25) is 0 Å². The van der Waals surface area contributed by atoms with Gasteiger partial charge in [0.25, 0.3) is 5.91 Å². The molecule has 0 bridgehead atoms. The summed E-state index contributed by atoms with van der Waals surface area (Å²) in [6.07, 6.45) is 5.37. The van der Waals surface area contributed by atoms with Crippen LogP contribution in [0.3, 0.4) is 0 Å². The van der Waals surface area contributed by atoms with Gasteiger partial charge in [-0.25, -0.2) is 19.1 Å². The third-order valence-electron chi connectivity index (χ3n) is 8.69. The summed E-state index contributed by atoms with van der Waals surface area (Å²) in [7, 11) is 2.16. The second kappa shape index (κ2) is 11.7. The molecule has 11 heteroatoms. The molecule has 4 aliphatic heterocycles. The smallest absolute Gasteiger partial charge is 0.417 e. The minimum Gasteiger partial charge on any atom is -0.443 e. The molecule has 5 heterocycles. The van der Waals surface area contributed by atoms with Crippen molar-refractivity contribution in [2.24, 2.45) is 4.99 Å². The van der Waals surface area contributed by atoms with Crippen LogP contribution in [-0.2, 0) is 11.3 Å². The van der Waals surface area contributed by atoms with Crippen LogP contribution in [-0.4, -0.2) is 100 Å². The van der Waals surface area contributed by atoms with Crippen molar-refractivity contribution in [1.29, 1.82) is 5.26 Å². The van der Waals surface area contributed by atoms with Gasteiger partial charge < -0.3 is 14.5 Å². The van der Waals surface area contributed by atoms with Crippen LogP contribution in [0.1, 0.15) is 66.8 Å². The molecule has 2 saturated heterocycles. The molecule has 44 heavy (non-hydrogen) atoms. The third-order valence-corrected chi connectivity index (χ3v) is 8.69. The quantitative estimate of drug-likeness (QED) is 0.512. The van der Waals surface area contributed by atoms with Gasteiger partial charge in [-0.05, 0) is 70.5 Å². The van der Waals surface area contributed by atoms with Crippen molar-refractivity contribution >= 4 is 17.8 Å². The largest absolute Gasteiger partial charge is 0.443 e. The first kappa shape index (κ1) is 29.9. The van der Waals surface area contributed by atoms with E-state index in [1.54, 1.807) is 26.8 Å². The fourth-order valence-electron chi connectivity index (χ4n) is 6.45. The van der Waals surface area contributed by atoms with E-state index >= 15 is 4.39 Å². The number of nitrogens with zero attached hydrogens (tertiary/aromatic N) is 7. The molecule has 2 aromatic rings. The number of likely N-dealkylation sites (tertiary alicyclic amines) is 1. The fourth-order valence-corrected chi connectivity index (χ4v) is 6.45. The first-order valence-corrected chi connectivity index (χ1v) is 15.2. The van der Waals surface area contributed by atoms with E-state index in [2.05, 4.69) is 32.8 Å². The van der Waals surface area contributed by atoms with Crippen LogP contribution in [0.4, 0.5) is 9.18 Å². The summed E-state index contributed by atoms with van der Waals surface area (Å²) < 4.78 is 20.7. The van der Waals surface area contributed by atoms with E-state index in [-0.39, 0.29) is 28.9 Å². The van der Waals surface area contributed by atoms with Crippen LogP contribution in [0.5, 0.6) is 0 Å². The number of amides is 2. The number of nitriles is 1. The number of piperazine rings is 1. The number of pyridine rings is 1. The van der Waals surface area contributed by atoms with Gasteiger partial charge >= 0.3 is 6.09 Å². The number of hydrogen-bond acceptors (Lipinski definition) is 9. The van der Waals surface area contributed by atoms with Crippen LogP contribution in [0.15, 0.2) is 41.4 Å². The minimum absolute atomic E-state index is 0.0550. The highest BCUT2D eigenvalue weighted by molar-refractivity contribution is 6.08. The standard InChI is InChI=1S/C33H38FN7O3/c1-33(2,3)44-32(43)41-20-27-30(31(41)42)23(17-26(36-27)29-21(18-35)7-5-9-24(29)34)25-10-11-28(37-25)40-12-6-8-22(19-40)39-15-13-38(4)14-16-39/h5,7,9-11,17,22,25H,6,8,12-16,19-20H2,1-4H3/t22-,25?/m0/s1. The van der Waals surface area contributed by atoms with Crippen molar-refractivity contribution in [3.05, 3.63) is 64.6 Å². The van der Waals surface area contributed by atoms with E-state index in [9.17, 15) is 14.9 Å². The van der Waals surface area contributed by atoms with Crippen molar-refractivity contribution in [2.45, 2.75) is 57.8 Å². The molecular formula is C33H38FN7O3. The lowest BCUT2D eigenvalue weighted by Crippen LogP contribution is -2.54. The lowest BCUT2D eigenvalue weighted by atomic mass is 9.96. The number of fused-ring (bicyclic) bond motifs is 1. The molecule has 1 unspecified atom stereocenters. The summed E-state index contributed by atoms with van der Waals surface area (Å²) >= 11 is 0. The Morgan fingerprint density at radius 2 is 1.91 bits per heavy atom. The maximum atomic E-state index is 15.2. The number of benzene rings is 1. The zero-order valence-corrected chi connectivity index (χ0v) is 25.7. The normalized spacial score (nSPS) is 22.6. The number of imide groups is 1. The SMILES string of the molecule is CN1CCN([C@H]2CCCN(C3=NC(c4cc(-c5c(F)cccc5C#N)nc5c4C(=O)N(C(=O)OC(C)(C)C)C5)C=C3)C2)CC1. The lowest BCUT2D eigenvalue weighted by molar-refractivity contribution is 0.0247. The van der Waals surface area contributed by atoms with Gasteiger partial charge in [0.1, 0.15) is 17.3 Å². The van der Waals surface area contributed by atoms with Gasteiger partial charge in [0.2, 0.25) is 0 Å². The summed E-state index contributed by atoms with van der Waals surface area (Å²) in [6, 6.07) is 7.90. The maximum Gasteiger partial charge on any atom is 0.417 e. The van der Waals surface area contributed by atoms with Crippen molar-refractivity contribution in [3.8, 4) is 17.3 Å². The average molecular weight is 600 g/mol. The molecule has 230 valence electrons. The summed E-state index contributed by atoms with van der Waals surface area (Å²) in [6.45, 7) is 11.1. The van der Waals surface area contributed by atoms with E-state index in [4.69, 9.17) is 9.73 Å². The zero-order valence-electron chi connectivity index (χ0n) is 25.7. The minimum atomic E-state index is -0.799.